The summed E-state index contributed by atoms with van der Waals surface area (Å²) in [5.41, 5.74) is 0. The minimum Gasteiger partial charge on any atom is -0.109 e. The predicted octanol–water partition coefficient (Wildman–Crippen LogP) is 3.15. The van der Waals surface area contributed by atoms with Crippen molar-refractivity contribution in [2.75, 3.05) is 5.34 Å². The Hall–Kier alpha value is 1.79. The quantitative estimate of drug-likeness (QED) is 0.475. The lowest BCUT2D eigenvalue weighted by Gasteiger charge is -1.42. The summed E-state index contributed by atoms with van der Waals surface area (Å²) in [4.78, 5) is 0. The van der Waals surface area contributed by atoms with Crippen molar-refractivity contribution in [1.29, 1.82) is 0 Å². The van der Waals surface area contributed by atoms with Crippen molar-refractivity contribution in [3.8, 4) is 0 Å². The molecule has 34 valence electrons. The van der Waals surface area contributed by atoms with Gasteiger partial charge in [-0.3, -0.25) is 0 Å². The highest BCUT2D eigenvalue weighted by Gasteiger charge is 1.41. The maximum atomic E-state index is 4.76. The van der Waals surface area contributed by atoms with Gasteiger partial charge in [-0.2, -0.15) is 0 Å². The maximum absolute atomic E-state index is 4.76. The van der Waals surface area contributed by atoms with Gasteiger partial charge in [0.25, 0.3) is 0 Å². The van der Waals surface area contributed by atoms with Gasteiger partial charge in [0.1, 0.15) is 0 Å². The van der Waals surface area contributed by atoms with E-state index in [1.165, 1.54) is 0 Å². The minimum atomic E-state index is 0.194. The lowest BCUT2D eigenvalue weighted by Crippen LogP contribution is -1.24. The molecule has 0 rings (SSSR count). The van der Waals surface area contributed by atoms with E-state index >= 15 is 0 Å². The Morgan fingerprint density at radius 3 is 1.40 bits per heavy atom. The second-order valence-electron chi connectivity index (χ2n) is 0.101. The Labute approximate surface area is 61.1 Å². The van der Waals surface area contributed by atoms with Gasteiger partial charge >= 0.3 is 0 Å². The molecule has 0 aromatic heterocycles. The lowest BCUT2D eigenvalue weighted by molar-refractivity contribution is 2.20. The van der Waals surface area contributed by atoms with E-state index in [4.69, 9.17) is 23.2 Å². The molecule has 0 aliphatic carbocycles. The van der Waals surface area contributed by atoms with Crippen molar-refractivity contribution in [3.05, 3.63) is 0 Å². The molecule has 5 heavy (non-hydrogen) atoms. The molecule has 0 saturated heterocycles. The van der Waals surface area contributed by atoms with Crippen molar-refractivity contribution in [1.82, 2.24) is 0 Å². The molecule has 0 aromatic rings. The fraction of sp³-hybridized carbons (Fsp3) is 1.00. The number of halogens is 4. The summed E-state index contributed by atoms with van der Waals surface area (Å²) >= 11 is 14.4. The summed E-state index contributed by atoms with van der Waals surface area (Å²) in [6.45, 7) is 0. The summed E-state index contributed by atoms with van der Waals surface area (Å²) < 4.78 is 0. The average molecular weight is 292 g/mol. The fourth-order valence-corrected chi connectivity index (χ4v) is 0. The first kappa shape index (κ1) is 9.92. The van der Waals surface area contributed by atoms with Crippen LogP contribution in [-0.2, 0) is 0 Å². The van der Waals surface area contributed by atoms with E-state index in [0.29, 0.717) is 0 Å². The molecule has 0 radical (unpaired) electrons. The molecule has 0 nitrogen and oxygen atoms in total. The van der Waals surface area contributed by atoms with Gasteiger partial charge < -0.3 is 0 Å². The zero-order chi connectivity index (χ0) is 4.71. The molecule has 0 amide bonds. The van der Waals surface area contributed by atoms with Crippen molar-refractivity contribution in [2.24, 2.45) is 0 Å². The van der Waals surface area contributed by atoms with Gasteiger partial charge in [-0.1, -0.05) is 0 Å². The standard InChI is InChI=1S/CH2Cl2.BrI/c2-1-3;1-2/h1H2;. The molecule has 0 unspecified atom stereocenters. The summed E-state index contributed by atoms with van der Waals surface area (Å²) in [7, 11) is 0. The summed E-state index contributed by atoms with van der Waals surface area (Å²) in [6.07, 6.45) is 0. The second-order valence-corrected chi connectivity index (χ2v) is 0.909. The topological polar surface area (TPSA) is 0 Å². The molecular weight excluding hydrogens is 290 g/mol. The third kappa shape index (κ3) is 26.0. The van der Waals surface area contributed by atoms with Crippen LogP contribution >= 0.6 is 56.3 Å². The van der Waals surface area contributed by atoms with Crippen LogP contribution in [0.25, 0.3) is 0 Å². The average Bonchev–Trinajstić information content (AvgIpc) is 1.46. The van der Waals surface area contributed by atoms with Crippen LogP contribution in [0.5, 0.6) is 0 Å². The number of rotatable bonds is 0. The van der Waals surface area contributed by atoms with Gasteiger partial charge in [-0.25, -0.2) is 0 Å². The molecule has 0 N–H and O–H groups in total. The summed E-state index contributed by atoms with van der Waals surface area (Å²) in [6, 6.07) is 0. The zero-order valence-corrected chi connectivity index (χ0v) is 7.47. The van der Waals surface area contributed by atoms with Crippen LogP contribution in [-0.4, -0.2) is 5.34 Å². The Bertz CT molecular complexity index is 9.61. The van der Waals surface area contributed by atoms with E-state index in [2.05, 4.69) is 12.7 Å². The van der Waals surface area contributed by atoms with Crippen LogP contribution < -0.4 is 0 Å². The first-order valence-electron chi connectivity index (χ1n) is 0.677. The number of hydrogen-bond donors (Lipinski definition) is 0. The Balaban J connectivity index is 0. The molecule has 4 heteroatoms. The molecular formula is CH2BrCl2I. The van der Waals surface area contributed by atoms with Crippen LogP contribution in [0.4, 0.5) is 0 Å². The monoisotopic (exact) mass is 290 g/mol. The van der Waals surface area contributed by atoms with Crippen molar-refractivity contribution in [3.63, 3.8) is 0 Å². The van der Waals surface area contributed by atoms with Crippen LogP contribution in [0.15, 0.2) is 0 Å². The Morgan fingerprint density at radius 1 is 1.40 bits per heavy atom. The van der Waals surface area contributed by atoms with E-state index < -0.39 is 0 Å². The second kappa shape index (κ2) is 17.1. The van der Waals surface area contributed by atoms with Crippen LogP contribution in [0.1, 0.15) is 0 Å². The SMILES string of the molecule is BrI.ClCCl. The molecule has 0 spiro atoms. The Kier molecular flexibility index (Phi) is 33.9. The largest absolute Gasteiger partial charge is 0.109 e. The van der Waals surface area contributed by atoms with Crippen molar-refractivity contribution < 1.29 is 0 Å². The van der Waals surface area contributed by atoms with E-state index in [0.717, 1.165) is 0 Å². The zero-order valence-electron chi connectivity index (χ0n) is 2.22. The molecule has 0 aliphatic heterocycles. The number of alkyl halides is 2. The molecule has 0 fully saturated rings. The first-order chi connectivity index (χ1) is 2.41. The number of hydrogen-bond acceptors (Lipinski definition) is 0. The third-order valence-corrected chi connectivity index (χ3v) is 0. The molecule has 0 bridgehead atoms. The van der Waals surface area contributed by atoms with Gasteiger partial charge in [-0.15, -0.1) is 23.2 Å². The van der Waals surface area contributed by atoms with E-state index in [9.17, 15) is 0 Å². The lowest BCUT2D eigenvalue weighted by atomic mass is 11.9. The molecule has 0 heterocycles. The first-order valence-corrected chi connectivity index (χ1v) is 6.58. The molecule has 0 atom stereocenters. The summed E-state index contributed by atoms with van der Waals surface area (Å²) in [5.74, 6) is 0. The normalized spacial score (nSPS) is 4.80. The van der Waals surface area contributed by atoms with Crippen molar-refractivity contribution in [2.45, 2.75) is 0 Å². The van der Waals surface area contributed by atoms with Gasteiger partial charge in [0, 0.05) is 20.4 Å². The third-order valence-electron chi connectivity index (χ3n) is 0. The van der Waals surface area contributed by atoms with Crippen LogP contribution in [0.2, 0.25) is 0 Å². The summed E-state index contributed by atoms with van der Waals surface area (Å²) in [5, 5.41) is 0.194. The van der Waals surface area contributed by atoms with E-state index in [1.54, 1.807) is 0 Å². The van der Waals surface area contributed by atoms with E-state index in [1.807, 2.05) is 20.4 Å². The minimum absolute atomic E-state index is 0.194. The highest BCUT2D eigenvalue weighted by Crippen LogP contribution is 1.87. The Morgan fingerprint density at radius 2 is 1.40 bits per heavy atom. The molecule has 0 saturated carbocycles. The highest BCUT2D eigenvalue weighted by atomic mass is 127. The highest BCUT2D eigenvalue weighted by molar-refractivity contribution is 14.2. The maximum Gasteiger partial charge on any atom is 0.0967 e. The molecule has 0 aliphatic rings. The molecule has 0 aromatic carbocycles. The van der Waals surface area contributed by atoms with Crippen LogP contribution in [0.3, 0.4) is 0 Å². The fourth-order valence-electron chi connectivity index (χ4n) is 0. The van der Waals surface area contributed by atoms with E-state index in [-0.39, 0.29) is 5.34 Å². The smallest absolute Gasteiger partial charge is 0.0967 e. The van der Waals surface area contributed by atoms with Crippen molar-refractivity contribution >= 4 is 56.3 Å². The van der Waals surface area contributed by atoms with Gasteiger partial charge in [0.15, 0.2) is 0 Å². The van der Waals surface area contributed by atoms with Gasteiger partial charge in [-0.05, 0) is 12.7 Å². The van der Waals surface area contributed by atoms with Crippen LogP contribution in [0, 0.1) is 0 Å². The van der Waals surface area contributed by atoms with Gasteiger partial charge in [0.2, 0.25) is 0 Å². The predicted molar refractivity (Wildman–Crippen MR) is 39.5 cm³/mol. The van der Waals surface area contributed by atoms with Gasteiger partial charge in [0.05, 0.1) is 5.34 Å².